The van der Waals surface area contributed by atoms with Gasteiger partial charge in [0.1, 0.15) is 12.6 Å². The summed E-state index contributed by atoms with van der Waals surface area (Å²) in [5.74, 6) is 0.110. The van der Waals surface area contributed by atoms with E-state index in [0.29, 0.717) is 0 Å². The van der Waals surface area contributed by atoms with Crippen LogP contribution in [-0.2, 0) is 11.3 Å². The van der Waals surface area contributed by atoms with Crippen LogP contribution in [0.25, 0.3) is 0 Å². The molecular weight excluding hydrogens is 228 g/mol. The monoisotopic (exact) mass is 246 g/mol. The number of carbonyl (C=O) groups is 1. The maximum atomic E-state index is 11.5. The third kappa shape index (κ3) is 4.46. The van der Waals surface area contributed by atoms with Crippen molar-refractivity contribution < 1.29 is 9.53 Å². The molecule has 1 aromatic carbocycles. The maximum absolute atomic E-state index is 11.5. The van der Waals surface area contributed by atoms with Crippen molar-refractivity contribution in [2.75, 3.05) is 0 Å². The number of nitrogens with zero attached hydrogens (tertiary/aromatic N) is 1. The fraction of sp³-hybridized carbons (Fsp3) is 0.429. The standard InChI is InChI=1S/C14H18N2O2/c1-3-11(2)13(9-15)16-14(17)18-10-12-7-5-4-6-8-12/h4-8,11,13H,3,10H2,1-2H3,(H,16,17)/t11-,13+/m0/s1. The summed E-state index contributed by atoms with van der Waals surface area (Å²) in [6.07, 6.45) is 0.280. The van der Waals surface area contributed by atoms with Gasteiger partial charge in [-0.3, -0.25) is 0 Å². The van der Waals surface area contributed by atoms with Gasteiger partial charge < -0.3 is 10.1 Å². The molecule has 0 bridgehead atoms. The Morgan fingerprint density at radius 3 is 2.67 bits per heavy atom. The van der Waals surface area contributed by atoms with Crippen LogP contribution < -0.4 is 5.32 Å². The lowest BCUT2D eigenvalue weighted by Crippen LogP contribution is -2.38. The highest BCUT2D eigenvalue weighted by atomic mass is 16.5. The van der Waals surface area contributed by atoms with Gasteiger partial charge in [-0.1, -0.05) is 50.6 Å². The van der Waals surface area contributed by atoms with E-state index in [-0.39, 0.29) is 12.5 Å². The molecule has 2 atom stereocenters. The zero-order valence-electron chi connectivity index (χ0n) is 10.7. The number of nitriles is 1. The number of carbonyl (C=O) groups excluding carboxylic acids is 1. The summed E-state index contributed by atoms with van der Waals surface area (Å²) in [7, 11) is 0. The third-order valence-electron chi connectivity index (χ3n) is 2.84. The highest BCUT2D eigenvalue weighted by Crippen LogP contribution is 2.07. The van der Waals surface area contributed by atoms with E-state index in [0.717, 1.165) is 12.0 Å². The van der Waals surface area contributed by atoms with Gasteiger partial charge in [-0.2, -0.15) is 5.26 Å². The second-order valence-electron chi connectivity index (χ2n) is 4.20. The summed E-state index contributed by atoms with van der Waals surface area (Å²) < 4.78 is 5.05. The largest absolute Gasteiger partial charge is 0.445 e. The quantitative estimate of drug-likeness (QED) is 0.869. The van der Waals surface area contributed by atoms with Crippen LogP contribution in [0.3, 0.4) is 0 Å². The minimum atomic E-state index is -0.550. The Morgan fingerprint density at radius 2 is 2.11 bits per heavy atom. The number of hydrogen-bond acceptors (Lipinski definition) is 3. The van der Waals surface area contributed by atoms with Crippen molar-refractivity contribution in [2.24, 2.45) is 5.92 Å². The van der Waals surface area contributed by atoms with Crippen molar-refractivity contribution >= 4 is 6.09 Å². The van der Waals surface area contributed by atoms with Gasteiger partial charge in [-0.05, 0) is 11.5 Å². The second kappa shape index (κ2) is 7.33. The normalized spacial score (nSPS) is 13.2. The molecule has 0 aliphatic rings. The summed E-state index contributed by atoms with van der Waals surface area (Å²) in [4.78, 5) is 11.5. The maximum Gasteiger partial charge on any atom is 0.408 e. The van der Waals surface area contributed by atoms with Gasteiger partial charge in [-0.15, -0.1) is 0 Å². The molecule has 0 radical (unpaired) electrons. The van der Waals surface area contributed by atoms with Crippen molar-refractivity contribution in [3.05, 3.63) is 35.9 Å². The molecule has 18 heavy (non-hydrogen) atoms. The first-order chi connectivity index (χ1) is 8.67. The molecule has 1 aromatic rings. The zero-order valence-corrected chi connectivity index (χ0v) is 10.7. The van der Waals surface area contributed by atoms with Crippen LogP contribution in [0, 0.1) is 17.2 Å². The van der Waals surface area contributed by atoms with Crippen molar-refractivity contribution in [2.45, 2.75) is 32.9 Å². The minimum absolute atomic E-state index is 0.110. The number of rotatable bonds is 5. The molecule has 0 aromatic heterocycles. The molecule has 1 rings (SSSR count). The van der Waals surface area contributed by atoms with Crippen LogP contribution in [-0.4, -0.2) is 12.1 Å². The summed E-state index contributed by atoms with van der Waals surface area (Å²) in [6.45, 7) is 4.11. The first-order valence-electron chi connectivity index (χ1n) is 6.04. The van der Waals surface area contributed by atoms with Gasteiger partial charge in [0, 0.05) is 0 Å². The summed E-state index contributed by atoms with van der Waals surface area (Å²) in [5, 5.41) is 11.5. The molecule has 1 N–H and O–H groups in total. The van der Waals surface area contributed by atoms with E-state index in [2.05, 4.69) is 11.4 Å². The van der Waals surface area contributed by atoms with Gasteiger partial charge >= 0.3 is 6.09 Å². The van der Waals surface area contributed by atoms with Crippen molar-refractivity contribution in [3.63, 3.8) is 0 Å². The molecule has 4 heteroatoms. The molecule has 0 unspecified atom stereocenters. The number of hydrogen-bond donors (Lipinski definition) is 1. The number of alkyl carbamates (subject to hydrolysis) is 1. The predicted octanol–water partition coefficient (Wildman–Crippen LogP) is 2.85. The number of amides is 1. The first kappa shape index (κ1) is 14.0. The van der Waals surface area contributed by atoms with Crippen LogP contribution in [0.2, 0.25) is 0 Å². The van der Waals surface area contributed by atoms with Gasteiger partial charge in [-0.25, -0.2) is 4.79 Å². The molecule has 0 fully saturated rings. The average molecular weight is 246 g/mol. The van der Waals surface area contributed by atoms with Gasteiger partial charge in [0.25, 0.3) is 0 Å². The van der Waals surface area contributed by atoms with Crippen LogP contribution >= 0.6 is 0 Å². The highest BCUT2D eigenvalue weighted by Gasteiger charge is 2.18. The zero-order chi connectivity index (χ0) is 13.4. The van der Waals surface area contributed by atoms with Crippen molar-refractivity contribution in [1.29, 1.82) is 5.26 Å². The van der Waals surface area contributed by atoms with E-state index in [4.69, 9.17) is 10.00 Å². The average Bonchev–Trinajstić information content (AvgIpc) is 2.42. The SMILES string of the molecule is CC[C@H](C)[C@@H](C#N)NC(=O)OCc1ccccc1. The number of ether oxygens (including phenoxy) is 1. The van der Waals surface area contributed by atoms with Gasteiger partial charge in [0.15, 0.2) is 0 Å². The van der Waals surface area contributed by atoms with Crippen LogP contribution in [0.1, 0.15) is 25.8 Å². The smallest absolute Gasteiger partial charge is 0.408 e. The van der Waals surface area contributed by atoms with Crippen LogP contribution in [0.5, 0.6) is 0 Å². The fourth-order valence-electron chi connectivity index (χ4n) is 1.43. The summed E-state index contributed by atoms with van der Waals surface area (Å²) >= 11 is 0. The molecule has 0 aliphatic heterocycles. The van der Waals surface area contributed by atoms with E-state index in [1.165, 1.54) is 0 Å². The molecule has 0 heterocycles. The Kier molecular flexibility index (Phi) is 5.72. The molecule has 0 saturated carbocycles. The molecule has 96 valence electrons. The summed E-state index contributed by atoms with van der Waals surface area (Å²) in [5.41, 5.74) is 0.921. The number of nitrogens with one attached hydrogen (secondary N) is 1. The van der Waals surface area contributed by atoms with Crippen LogP contribution in [0.15, 0.2) is 30.3 Å². The van der Waals surface area contributed by atoms with Crippen molar-refractivity contribution in [3.8, 4) is 6.07 Å². The second-order valence-corrected chi connectivity index (χ2v) is 4.20. The van der Waals surface area contributed by atoms with E-state index >= 15 is 0 Å². The highest BCUT2D eigenvalue weighted by molar-refractivity contribution is 5.68. The molecule has 1 amide bonds. The fourth-order valence-corrected chi connectivity index (χ4v) is 1.43. The molecular formula is C14H18N2O2. The lowest BCUT2D eigenvalue weighted by molar-refractivity contribution is 0.135. The topological polar surface area (TPSA) is 62.1 Å². The molecule has 0 aliphatic carbocycles. The lowest BCUT2D eigenvalue weighted by Gasteiger charge is -2.17. The minimum Gasteiger partial charge on any atom is -0.445 e. The Bertz CT molecular complexity index is 412. The van der Waals surface area contributed by atoms with Gasteiger partial charge in [0.05, 0.1) is 6.07 Å². The first-order valence-corrected chi connectivity index (χ1v) is 6.04. The Balaban J connectivity index is 2.40. The summed E-state index contributed by atoms with van der Waals surface area (Å²) in [6, 6.07) is 11.0. The van der Waals surface area contributed by atoms with E-state index in [9.17, 15) is 4.79 Å². The lowest BCUT2D eigenvalue weighted by atomic mass is 10.0. The third-order valence-corrected chi connectivity index (χ3v) is 2.84. The number of benzene rings is 1. The molecule has 0 spiro atoms. The van der Waals surface area contributed by atoms with Gasteiger partial charge in [0.2, 0.25) is 0 Å². The molecule has 0 saturated heterocycles. The Labute approximate surface area is 108 Å². The van der Waals surface area contributed by atoms with E-state index in [1.54, 1.807) is 0 Å². The predicted molar refractivity (Wildman–Crippen MR) is 68.6 cm³/mol. The van der Waals surface area contributed by atoms with E-state index < -0.39 is 12.1 Å². The Morgan fingerprint density at radius 1 is 1.44 bits per heavy atom. The van der Waals surface area contributed by atoms with Crippen molar-refractivity contribution in [1.82, 2.24) is 5.32 Å². The van der Waals surface area contributed by atoms with Crippen LogP contribution in [0.4, 0.5) is 4.79 Å². The Hall–Kier alpha value is -2.02. The van der Waals surface area contributed by atoms with E-state index in [1.807, 2.05) is 44.2 Å². The molecule has 4 nitrogen and oxygen atoms in total.